The summed E-state index contributed by atoms with van der Waals surface area (Å²) in [6, 6.07) is 11.8. The quantitative estimate of drug-likeness (QED) is 0.642. The van der Waals surface area contributed by atoms with Crippen molar-refractivity contribution in [2.75, 3.05) is 0 Å². The predicted molar refractivity (Wildman–Crippen MR) is 90.0 cm³/mol. The van der Waals surface area contributed by atoms with Crippen LogP contribution in [0, 0.1) is 68.0 Å². The Morgan fingerprint density at radius 3 is 1.14 bits per heavy atom. The normalized spacial score (nSPS) is 13.4. The third-order valence-electron chi connectivity index (χ3n) is 4.28. The second-order valence-electron chi connectivity index (χ2n) is 5.49. The number of rotatable bonds is 0. The van der Waals surface area contributed by atoms with Gasteiger partial charge in [-0.15, -0.1) is 0 Å². The van der Waals surface area contributed by atoms with E-state index in [9.17, 15) is 19.3 Å². The Hall–Kier alpha value is -5.02. The number of nitrogens with zero attached hydrogens (tertiary/aromatic N) is 6. The molecule has 0 atom stereocenters. The van der Waals surface area contributed by atoms with Gasteiger partial charge in [0.05, 0.1) is 11.1 Å². The number of hydrogen-bond acceptors (Lipinski definition) is 6. The van der Waals surface area contributed by atoms with Gasteiger partial charge in [-0.3, -0.25) is 0 Å². The number of nitriles is 6. The van der Waals surface area contributed by atoms with Crippen LogP contribution in [0.4, 0.5) is 8.78 Å². The van der Waals surface area contributed by atoms with Crippen molar-refractivity contribution in [1.29, 1.82) is 31.6 Å². The van der Waals surface area contributed by atoms with Gasteiger partial charge in [-0.2, -0.15) is 31.6 Å². The smallest absolute Gasteiger partial charge is 0.151 e. The molecule has 0 heterocycles. The molecule has 3 rings (SSSR count). The maximum absolute atomic E-state index is 14.7. The molecule has 2 aliphatic carbocycles. The Kier molecular flexibility index (Phi) is 4.05. The Balaban J connectivity index is 2.52. The lowest BCUT2D eigenvalue weighted by Gasteiger charge is -2.08. The van der Waals surface area contributed by atoms with Crippen molar-refractivity contribution in [1.82, 2.24) is 0 Å². The van der Waals surface area contributed by atoms with Gasteiger partial charge in [-0.1, -0.05) is 0 Å². The number of fused-ring (bicyclic) bond motifs is 2. The molecule has 2 aliphatic rings. The highest BCUT2D eigenvalue weighted by atomic mass is 19.1. The van der Waals surface area contributed by atoms with Crippen LogP contribution in [0.25, 0.3) is 22.3 Å². The maximum atomic E-state index is 14.7. The third kappa shape index (κ3) is 2.11. The molecule has 28 heavy (non-hydrogen) atoms. The number of allylic oxidation sites excluding steroid dienone is 8. The van der Waals surface area contributed by atoms with Crippen molar-refractivity contribution < 1.29 is 8.78 Å². The molecule has 1 aromatic rings. The van der Waals surface area contributed by atoms with Gasteiger partial charge in [0.25, 0.3) is 0 Å². The van der Waals surface area contributed by atoms with Crippen LogP contribution in [0.15, 0.2) is 34.9 Å². The van der Waals surface area contributed by atoms with E-state index in [-0.39, 0.29) is 22.3 Å². The molecule has 126 valence electrons. The van der Waals surface area contributed by atoms with Gasteiger partial charge < -0.3 is 0 Å². The Morgan fingerprint density at radius 1 is 0.571 bits per heavy atom. The second-order valence-corrected chi connectivity index (χ2v) is 5.49. The summed E-state index contributed by atoms with van der Waals surface area (Å²) in [4.78, 5) is 0. The summed E-state index contributed by atoms with van der Waals surface area (Å²) in [5.41, 5.74) is -3.08. The summed E-state index contributed by atoms with van der Waals surface area (Å²) in [5, 5.41) is 55.0. The van der Waals surface area contributed by atoms with Gasteiger partial charge in [-0.05, 0) is 23.3 Å². The van der Waals surface area contributed by atoms with E-state index in [1.807, 2.05) is 0 Å². The fourth-order valence-electron chi connectivity index (χ4n) is 3.13. The largest absolute Gasteiger partial charge is 0.205 e. The average Bonchev–Trinajstić information content (AvgIpc) is 3.13. The highest BCUT2D eigenvalue weighted by molar-refractivity contribution is 6.10. The molecule has 0 saturated heterocycles. The first kappa shape index (κ1) is 17.8. The Morgan fingerprint density at radius 2 is 0.893 bits per heavy atom. The van der Waals surface area contributed by atoms with E-state index in [0.29, 0.717) is 0 Å². The lowest BCUT2D eigenvalue weighted by Crippen LogP contribution is -1.94. The summed E-state index contributed by atoms with van der Waals surface area (Å²) < 4.78 is 29.5. The summed E-state index contributed by atoms with van der Waals surface area (Å²) in [6.45, 7) is 0. The molecule has 0 radical (unpaired) electrons. The van der Waals surface area contributed by atoms with Crippen LogP contribution < -0.4 is 0 Å². The lowest BCUT2D eigenvalue weighted by atomic mass is 9.92. The standard InChI is InChI=1S/C20H2F2N6/c21-19-15(7-27)11-1-13-12(2-14(11)18(19)10(5-25)6-26)16(8-28)20(22)17(13)9(3-23)4-24/h1-2H. The summed E-state index contributed by atoms with van der Waals surface area (Å²) in [6.07, 6.45) is 0. The van der Waals surface area contributed by atoms with Crippen LogP contribution in [-0.2, 0) is 0 Å². The van der Waals surface area contributed by atoms with Crippen LogP contribution in [0.3, 0.4) is 0 Å². The maximum Gasteiger partial charge on any atom is 0.151 e. The van der Waals surface area contributed by atoms with Crippen molar-refractivity contribution in [3.8, 4) is 36.4 Å². The molecule has 0 amide bonds. The zero-order valence-corrected chi connectivity index (χ0v) is 13.6. The number of halogens is 2. The molecule has 8 heteroatoms. The van der Waals surface area contributed by atoms with Gasteiger partial charge in [0.2, 0.25) is 0 Å². The van der Waals surface area contributed by atoms with E-state index in [1.54, 1.807) is 36.4 Å². The molecule has 0 spiro atoms. The van der Waals surface area contributed by atoms with E-state index >= 15 is 0 Å². The van der Waals surface area contributed by atoms with Crippen molar-refractivity contribution in [2.24, 2.45) is 0 Å². The molecule has 6 nitrogen and oxygen atoms in total. The zero-order valence-electron chi connectivity index (χ0n) is 13.6. The first-order valence-corrected chi connectivity index (χ1v) is 7.37. The van der Waals surface area contributed by atoms with Crippen LogP contribution in [0.5, 0.6) is 0 Å². The van der Waals surface area contributed by atoms with E-state index in [0.717, 1.165) is 0 Å². The molecular formula is C20H2F2N6. The van der Waals surface area contributed by atoms with Gasteiger partial charge in [0.1, 0.15) is 47.6 Å². The molecule has 0 aromatic heterocycles. The molecule has 0 unspecified atom stereocenters. The van der Waals surface area contributed by atoms with Crippen LogP contribution in [-0.4, -0.2) is 0 Å². The SMILES string of the molecule is N#CC(C#N)=C1C(F)=C(C#N)c2cc3c(cc21)C(C#N)=C(F)C3=C(C#N)C#N. The van der Waals surface area contributed by atoms with E-state index < -0.39 is 45.1 Å². The zero-order chi connectivity index (χ0) is 20.6. The van der Waals surface area contributed by atoms with Crippen molar-refractivity contribution in [3.63, 3.8) is 0 Å². The second kappa shape index (κ2) is 6.37. The molecule has 0 saturated carbocycles. The monoisotopic (exact) mass is 364 g/mol. The predicted octanol–water partition coefficient (Wildman–Crippen LogP) is 3.72. The summed E-state index contributed by atoms with van der Waals surface area (Å²) in [5.74, 6) is -2.18. The molecule has 1 aromatic carbocycles. The minimum atomic E-state index is -1.09. The molecule has 0 fully saturated rings. The third-order valence-corrected chi connectivity index (χ3v) is 4.28. The van der Waals surface area contributed by atoms with E-state index in [4.69, 9.17) is 21.0 Å². The molecular weight excluding hydrogens is 362 g/mol. The van der Waals surface area contributed by atoms with Crippen LogP contribution >= 0.6 is 0 Å². The highest BCUT2D eigenvalue weighted by Crippen LogP contribution is 2.50. The Bertz CT molecular complexity index is 1240. The highest BCUT2D eigenvalue weighted by Gasteiger charge is 2.36. The minimum Gasteiger partial charge on any atom is -0.205 e. The van der Waals surface area contributed by atoms with Crippen LogP contribution in [0.2, 0.25) is 0 Å². The lowest BCUT2D eigenvalue weighted by molar-refractivity contribution is 0.681. The van der Waals surface area contributed by atoms with E-state index in [2.05, 4.69) is 0 Å². The van der Waals surface area contributed by atoms with Crippen molar-refractivity contribution in [3.05, 3.63) is 57.2 Å². The minimum absolute atomic E-state index is 0.0248. The summed E-state index contributed by atoms with van der Waals surface area (Å²) >= 11 is 0. The van der Waals surface area contributed by atoms with Gasteiger partial charge in [0.15, 0.2) is 11.7 Å². The molecule has 0 bridgehead atoms. The number of hydrogen-bond donors (Lipinski definition) is 0. The number of benzene rings is 1. The van der Waals surface area contributed by atoms with Crippen molar-refractivity contribution >= 4 is 22.3 Å². The van der Waals surface area contributed by atoms with Crippen molar-refractivity contribution in [2.45, 2.75) is 0 Å². The molecule has 0 aliphatic heterocycles. The fraction of sp³-hybridized carbons (Fsp3) is 0. The van der Waals surface area contributed by atoms with Gasteiger partial charge in [-0.25, -0.2) is 8.78 Å². The Labute approximate surface area is 156 Å². The van der Waals surface area contributed by atoms with Gasteiger partial charge >= 0.3 is 0 Å². The topological polar surface area (TPSA) is 143 Å². The first-order valence-electron chi connectivity index (χ1n) is 7.37. The van der Waals surface area contributed by atoms with Gasteiger partial charge in [0, 0.05) is 22.3 Å². The van der Waals surface area contributed by atoms with E-state index in [1.165, 1.54) is 12.1 Å². The fourth-order valence-corrected chi connectivity index (χ4v) is 3.13. The molecule has 0 N–H and O–H groups in total. The van der Waals surface area contributed by atoms with Crippen LogP contribution in [0.1, 0.15) is 22.3 Å². The first-order chi connectivity index (χ1) is 13.5. The average molecular weight is 364 g/mol. The summed E-state index contributed by atoms with van der Waals surface area (Å²) in [7, 11) is 0.